The van der Waals surface area contributed by atoms with E-state index in [0.29, 0.717) is 23.0 Å². The number of nitrogens with zero attached hydrogens (tertiary/aromatic N) is 2. The zero-order valence-corrected chi connectivity index (χ0v) is 11.0. The predicted molar refractivity (Wildman–Crippen MR) is 77.2 cm³/mol. The van der Waals surface area contributed by atoms with E-state index in [1.165, 1.54) is 11.8 Å². The van der Waals surface area contributed by atoms with Crippen LogP contribution in [0.15, 0.2) is 36.5 Å². The summed E-state index contributed by atoms with van der Waals surface area (Å²) < 4.78 is 0. The highest BCUT2D eigenvalue weighted by Crippen LogP contribution is 2.23. The molecule has 1 aromatic carbocycles. The molecule has 96 valence electrons. The molecule has 4 heteroatoms. The van der Waals surface area contributed by atoms with Crippen molar-refractivity contribution in [2.75, 3.05) is 11.1 Å². The maximum Gasteiger partial charge on any atom is 0.148 e. The van der Waals surface area contributed by atoms with Crippen LogP contribution in [-0.4, -0.2) is 4.98 Å². The lowest BCUT2D eigenvalue weighted by Gasteiger charge is -2.11. The third-order valence-corrected chi connectivity index (χ3v) is 2.85. The van der Waals surface area contributed by atoms with Gasteiger partial charge in [0.1, 0.15) is 11.9 Å². The first kappa shape index (κ1) is 12.9. The predicted octanol–water partition coefficient (Wildman–Crippen LogP) is 3.40. The number of nitrogens with two attached hydrogens (primary N) is 1. The number of rotatable bonds is 3. The minimum atomic E-state index is 0.440. The Morgan fingerprint density at radius 2 is 2.11 bits per heavy atom. The van der Waals surface area contributed by atoms with Crippen molar-refractivity contribution in [3.63, 3.8) is 0 Å². The third-order valence-electron chi connectivity index (χ3n) is 2.85. The molecule has 0 bridgehead atoms. The minimum Gasteiger partial charge on any atom is -0.397 e. The summed E-state index contributed by atoms with van der Waals surface area (Å²) in [5, 5.41) is 12.2. The van der Waals surface area contributed by atoms with Gasteiger partial charge in [-0.15, -0.1) is 0 Å². The largest absolute Gasteiger partial charge is 0.397 e. The van der Waals surface area contributed by atoms with Crippen LogP contribution in [0.25, 0.3) is 0 Å². The quantitative estimate of drug-likeness (QED) is 0.877. The van der Waals surface area contributed by atoms with E-state index in [-0.39, 0.29) is 0 Å². The Labute approximate surface area is 112 Å². The van der Waals surface area contributed by atoms with Crippen molar-refractivity contribution in [2.24, 2.45) is 0 Å². The maximum atomic E-state index is 9.08. The average molecular weight is 252 g/mol. The van der Waals surface area contributed by atoms with Crippen molar-refractivity contribution in [3.8, 4) is 6.07 Å². The van der Waals surface area contributed by atoms with Crippen LogP contribution in [0, 0.1) is 11.3 Å². The Bertz CT molecular complexity index is 626. The smallest absolute Gasteiger partial charge is 0.148 e. The average Bonchev–Trinajstić information content (AvgIpc) is 2.41. The van der Waals surface area contributed by atoms with Gasteiger partial charge in [-0.25, -0.2) is 4.98 Å². The summed E-state index contributed by atoms with van der Waals surface area (Å²) in [6, 6.07) is 11.8. The van der Waals surface area contributed by atoms with Crippen molar-refractivity contribution in [3.05, 3.63) is 47.7 Å². The second-order valence-corrected chi connectivity index (χ2v) is 4.68. The van der Waals surface area contributed by atoms with E-state index in [9.17, 15) is 0 Å². The Balaban J connectivity index is 2.31. The number of hydrogen-bond acceptors (Lipinski definition) is 4. The van der Waals surface area contributed by atoms with E-state index < -0.39 is 0 Å². The highest BCUT2D eigenvalue weighted by atomic mass is 15.0. The number of nitrogens with one attached hydrogen (secondary N) is 1. The molecular formula is C15H16N4. The highest BCUT2D eigenvalue weighted by Gasteiger charge is 2.06. The van der Waals surface area contributed by atoms with Crippen molar-refractivity contribution < 1.29 is 0 Å². The van der Waals surface area contributed by atoms with Crippen molar-refractivity contribution >= 4 is 17.2 Å². The van der Waals surface area contributed by atoms with E-state index in [1.54, 1.807) is 6.07 Å². The Morgan fingerprint density at radius 3 is 2.79 bits per heavy atom. The molecule has 4 nitrogen and oxygen atoms in total. The van der Waals surface area contributed by atoms with E-state index in [0.717, 1.165) is 5.69 Å². The summed E-state index contributed by atoms with van der Waals surface area (Å²) in [6.07, 6.45) is 1.54. The molecule has 1 aromatic heterocycles. The summed E-state index contributed by atoms with van der Waals surface area (Å²) in [4.78, 5) is 4.16. The van der Waals surface area contributed by atoms with Gasteiger partial charge in [-0.2, -0.15) is 5.26 Å². The van der Waals surface area contributed by atoms with Crippen LogP contribution in [0.4, 0.5) is 17.2 Å². The molecule has 0 aliphatic carbocycles. The molecule has 0 unspecified atom stereocenters. The topological polar surface area (TPSA) is 74.7 Å². The monoisotopic (exact) mass is 252 g/mol. The molecule has 1 heterocycles. The van der Waals surface area contributed by atoms with E-state index in [4.69, 9.17) is 11.0 Å². The molecule has 0 fully saturated rings. The van der Waals surface area contributed by atoms with Crippen molar-refractivity contribution in [2.45, 2.75) is 19.8 Å². The molecule has 19 heavy (non-hydrogen) atoms. The maximum absolute atomic E-state index is 9.08. The second kappa shape index (κ2) is 5.40. The van der Waals surface area contributed by atoms with E-state index >= 15 is 0 Å². The summed E-state index contributed by atoms with van der Waals surface area (Å²) in [5.74, 6) is 0.981. The molecule has 0 spiro atoms. The molecule has 0 atom stereocenters. The van der Waals surface area contributed by atoms with Gasteiger partial charge in [0.25, 0.3) is 0 Å². The fourth-order valence-corrected chi connectivity index (χ4v) is 1.78. The van der Waals surface area contributed by atoms with Gasteiger partial charge < -0.3 is 11.1 Å². The minimum absolute atomic E-state index is 0.440. The second-order valence-electron chi connectivity index (χ2n) is 4.68. The molecule has 0 saturated heterocycles. The summed E-state index contributed by atoms with van der Waals surface area (Å²) in [7, 11) is 0. The number of benzene rings is 1. The molecule has 0 amide bonds. The zero-order chi connectivity index (χ0) is 13.8. The molecule has 0 radical (unpaired) electrons. The van der Waals surface area contributed by atoms with Gasteiger partial charge in [-0.1, -0.05) is 26.0 Å². The number of hydrogen-bond donors (Lipinski definition) is 2. The van der Waals surface area contributed by atoms with Crippen molar-refractivity contribution in [1.29, 1.82) is 5.26 Å². The van der Waals surface area contributed by atoms with Crippen LogP contribution in [0.1, 0.15) is 30.9 Å². The summed E-state index contributed by atoms with van der Waals surface area (Å²) in [5.41, 5.74) is 8.69. The van der Waals surface area contributed by atoms with Crippen LogP contribution in [0.5, 0.6) is 0 Å². The van der Waals surface area contributed by atoms with Gasteiger partial charge in [0, 0.05) is 5.69 Å². The van der Waals surface area contributed by atoms with Gasteiger partial charge >= 0.3 is 0 Å². The molecule has 2 rings (SSSR count). The fraction of sp³-hybridized carbons (Fsp3) is 0.200. The molecular weight excluding hydrogens is 236 g/mol. The van der Waals surface area contributed by atoms with Crippen molar-refractivity contribution in [1.82, 2.24) is 4.98 Å². The molecule has 2 aromatic rings. The SMILES string of the molecule is CC(C)c1cccc(Nc2ncc(N)cc2C#N)c1. The third kappa shape index (κ3) is 3.02. The first-order valence-electron chi connectivity index (χ1n) is 6.12. The van der Waals surface area contributed by atoms with Gasteiger partial charge in [-0.3, -0.25) is 0 Å². The first-order valence-corrected chi connectivity index (χ1v) is 6.12. The Hall–Kier alpha value is -2.54. The van der Waals surface area contributed by atoms with Gasteiger partial charge in [0.2, 0.25) is 0 Å². The lowest BCUT2D eigenvalue weighted by molar-refractivity contribution is 0.867. The number of nitrogen functional groups attached to an aromatic ring is 1. The van der Waals surface area contributed by atoms with Crippen LogP contribution < -0.4 is 11.1 Å². The lowest BCUT2D eigenvalue weighted by Crippen LogP contribution is -1.99. The van der Waals surface area contributed by atoms with E-state index in [1.807, 2.05) is 12.1 Å². The van der Waals surface area contributed by atoms with Gasteiger partial charge in [0.05, 0.1) is 17.4 Å². The summed E-state index contributed by atoms with van der Waals surface area (Å²) >= 11 is 0. The standard InChI is InChI=1S/C15H16N4/c1-10(2)11-4-3-5-14(7-11)19-15-12(8-16)6-13(17)9-18-15/h3-7,9-10H,17H2,1-2H3,(H,18,19). The number of nitriles is 1. The number of anilines is 3. The molecule has 0 aliphatic heterocycles. The van der Waals surface area contributed by atoms with E-state index in [2.05, 4.69) is 42.4 Å². The normalized spacial score (nSPS) is 10.2. The Kier molecular flexibility index (Phi) is 3.67. The van der Waals surface area contributed by atoms with Gasteiger partial charge in [-0.05, 0) is 29.7 Å². The fourth-order valence-electron chi connectivity index (χ4n) is 1.78. The highest BCUT2D eigenvalue weighted by molar-refractivity contribution is 5.65. The lowest BCUT2D eigenvalue weighted by atomic mass is 10.0. The number of aromatic nitrogens is 1. The van der Waals surface area contributed by atoms with Crippen LogP contribution in [0.2, 0.25) is 0 Å². The molecule has 3 N–H and O–H groups in total. The van der Waals surface area contributed by atoms with Gasteiger partial charge in [0.15, 0.2) is 0 Å². The first-order chi connectivity index (χ1) is 9.10. The molecule has 0 aliphatic rings. The summed E-state index contributed by atoms with van der Waals surface area (Å²) in [6.45, 7) is 4.28. The Morgan fingerprint density at radius 1 is 1.32 bits per heavy atom. The van der Waals surface area contributed by atoms with Crippen LogP contribution >= 0.6 is 0 Å². The van der Waals surface area contributed by atoms with Crippen LogP contribution in [-0.2, 0) is 0 Å². The zero-order valence-electron chi connectivity index (χ0n) is 11.0. The molecule has 0 saturated carbocycles. The number of pyridine rings is 1. The van der Waals surface area contributed by atoms with Crippen LogP contribution in [0.3, 0.4) is 0 Å².